The van der Waals surface area contributed by atoms with E-state index in [0.717, 1.165) is 12.0 Å². The minimum absolute atomic E-state index is 0.199. The van der Waals surface area contributed by atoms with Crippen molar-refractivity contribution >= 4 is 17.5 Å². The first-order chi connectivity index (χ1) is 12.5. The van der Waals surface area contributed by atoms with Crippen molar-refractivity contribution in [1.82, 2.24) is 5.32 Å². The lowest BCUT2D eigenvalue weighted by atomic mass is 10.1. The zero-order valence-corrected chi connectivity index (χ0v) is 15.5. The Hall–Kier alpha value is -2.82. The molecule has 5 nitrogen and oxygen atoms in total. The molecule has 5 heteroatoms. The van der Waals surface area contributed by atoms with E-state index in [1.165, 1.54) is 0 Å². The Labute approximate surface area is 154 Å². The van der Waals surface area contributed by atoms with E-state index >= 15 is 0 Å². The van der Waals surface area contributed by atoms with Crippen LogP contribution in [0.5, 0.6) is 5.75 Å². The molecule has 0 fully saturated rings. The van der Waals surface area contributed by atoms with Gasteiger partial charge in [-0.2, -0.15) is 0 Å². The highest BCUT2D eigenvalue weighted by Crippen LogP contribution is 2.18. The number of hydrogen-bond acceptors (Lipinski definition) is 3. The van der Waals surface area contributed by atoms with Crippen LogP contribution in [0.2, 0.25) is 0 Å². The summed E-state index contributed by atoms with van der Waals surface area (Å²) in [7, 11) is 0. The van der Waals surface area contributed by atoms with Crippen molar-refractivity contribution in [1.29, 1.82) is 0 Å². The Bertz CT molecular complexity index is 741. The first kappa shape index (κ1) is 19.5. The van der Waals surface area contributed by atoms with E-state index in [4.69, 9.17) is 4.74 Å². The summed E-state index contributed by atoms with van der Waals surface area (Å²) in [6.45, 7) is 6.46. The summed E-state index contributed by atoms with van der Waals surface area (Å²) in [4.78, 5) is 24.9. The molecule has 0 unspecified atom stereocenters. The van der Waals surface area contributed by atoms with Gasteiger partial charge in [-0.3, -0.25) is 9.59 Å². The number of amides is 2. The van der Waals surface area contributed by atoms with Crippen LogP contribution >= 0.6 is 0 Å². The molecule has 2 aromatic rings. The smallest absolute Gasteiger partial charge is 0.265 e. The van der Waals surface area contributed by atoms with Crippen molar-refractivity contribution in [3.05, 3.63) is 59.7 Å². The van der Waals surface area contributed by atoms with Gasteiger partial charge in [-0.25, -0.2) is 0 Å². The van der Waals surface area contributed by atoms with E-state index in [1.807, 2.05) is 45.0 Å². The van der Waals surface area contributed by atoms with Crippen molar-refractivity contribution in [2.75, 3.05) is 11.9 Å². The van der Waals surface area contributed by atoms with Crippen LogP contribution in [0.15, 0.2) is 48.5 Å². The topological polar surface area (TPSA) is 67.4 Å². The number of para-hydroxylation sites is 1. The van der Waals surface area contributed by atoms with E-state index in [1.54, 1.807) is 24.3 Å². The van der Waals surface area contributed by atoms with Crippen LogP contribution in [0.4, 0.5) is 5.69 Å². The van der Waals surface area contributed by atoms with Crippen LogP contribution in [0, 0.1) is 6.92 Å². The minimum atomic E-state index is -0.635. The molecule has 0 bridgehead atoms. The van der Waals surface area contributed by atoms with E-state index in [-0.39, 0.29) is 11.8 Å². The van der Waals surface area contributed by atoms with Gasteiger partial charge in [0.25, 0.3) is 11.8 Å². The molecule has 26 heavy (non-hydrogen) atoms. The van der Waals surface area contributed by atoms with Crippen molar-refractivity contribution in [3.8, 4) is 5.75 Å². The molecule has 0 aliphatic carbocycles. The fourth-order valence-corrected chi connectivity index (χ4v) is 2.44. The molecule has 0 aliphatic heterocycles. The maximum Gasteiger partial charge on any atom is 0.265 e. The summed E-state index contributed by atoms with van der Waals surface area (Å²) >= 11 is 0. The van der Waals surface area contributed by atoms with Crippen LogP contribution in [0.25, 0.3) is 0 Å². The normalized spacial score (nSPS) is 11.5. The lowest BCUT2D eigenvalue weighted by Crippen LogP contribution is -2.33. The molecule has 2 amide bonds. The molecule has 2 rings (SSSR count). The van der Waals surface area contributed by atoms with Crippen molar-refractivity contribution in [3.63, 3.8) is 0 Å². The zero-order valence-electron chi connectivity index (χ0n) is 15.5. The molecule has 1 atom stereocenters. The monoisotopic (exact) mass is 354 g/mol. The number of anilines is 1. The fraction of sp³-hybridized carbons (Fsp3) is 0.333. The fourth-order valence-electron chi connectivity index (χ4n) is 2.44. The predicted molar refractivity (Wildman–Crippen MR) is 104 cm³/mol. The highest BCUT2D eigenvalue weighted by Gasteiger charge is 2.20. The van der Waals surface area contributed by atoms with Gasteiger partial charge in [0.05, 0.1) is 11.3 Å². The molecule has 2 aromatic carbocycles. The van der Waals surface area contributed by atoms with Crippen molar-refractivity contribution in [2.45, 2.75) is 39.7 Å². The summed E-state index contributed by atoms with van der Waals surface area (Å²) in [6, 6.07) is 14.5. The number of rotatable bonds is 8. The second kappa shape index (κ2) is 9.61. The maximum absolute atomic E-state index is 12.6. The number of carbonyl (C=O) groups excluding carboxylic acids is 2. The highest BCUT2D eigenvalue weighted by molar-refractivity contribution is 6.04. The summed E-state index contributed by atoms with van der Waals surface area (Å²) in [5.41, 5.74) is 2.05. The molecule has 0 radical (unpaired) electrons. The summed E-state index contributed by atoms with van der Waals surface area (Å²) in [5, 5.41) is 5.65. The van der Waals surface area contributed by atoms with Gasteiger partial charge < -0.3 is 15.4 Å². The van der Waals surface area contributed by atoms with Gasteiger partial charge in [0.2, 0.25) is 0 Å². The van der Waals surface area contributed by atoms with Gasteiger partial charge in [0.15, 0.2) is 6.10 Å². The quantitative estimate of drug-likeness (QED) is 0.755. The molecule has 0 aliphatic rings. The largest absolute Gasteiger partial charge is 0.481 e. The van der Waals surface area contributed by atoms with Gasteiger partial charge in [-0.1, -0.05) is 43.7 Å². The van der Waals surface area contributed by atoms with E-state index in [2.05, 4.69) is 10.6 Å². The minimum Gasteiger partial charge on any atom is -0.481 e. The van der Waals surface area contributed by atoms with Gasteiger partial charge in [0.1, 0.15) is 5.75 Å². The van der Waals surface area contributed by atoms with Gasteiger partial charge in [-0.15, -0.1) is 0 Å². The van der Waals surface area contributed by atoms with Gasteiger partial charge >= 0.3 is 0 Å². The molecular weight excluding hydrogens is 328 g/mol. The maximum atomic E-state index is 12.6. The number of carbonyl (C=O) groups is 2. The third-order valence-electron chi connectivity index (χ3n) is 3.93. The molecule has 0 spiro atoms. The standard InChI is InChI=1S/C21H26N2O3/c1-4-14-22-20(24)17-8-6-7-9-18(17)23-21(25)19(5-2)26-16-12-10-15(3)11-13-16/h6-13,19H,4-5,14H2,1-3H3,(H,22,24)(H,23,25)/t19-/m1/s1. The van der Waals surface area contributed by atoms with E-state index in [0.29, 0.717) is 30.0 Å². The molecular formula is C21H26N2O3. The van der Waals surface area contributed by atoms with E-state index in [9.17, 15) is 9.59 Å². The van der Waals surface area contributed by atoms with Crippen molar-refractivity contribution in [2.24, 2.45) is 0 Å². The summed E-state index contributed by atoms with van der Waals surface area (Å²) in [5.74, 6) is 0.172. The summed E-state index contributed by atoms with van der Waals surface area (Å²) in [6.07, 6.45) is 0.733. The highest BCUT2D eigenvalue weighted by atomic mass is 16.5. The van der Waals surface area contributed by atoms with Crippen LogP contribution in [-0.2, 0) is 4.79 Å². The second-order valence-corrected chi connectivity index (χ2v) is 6.12. The third kappa shape index (κ3) is 5.34. The molecule has 138 valence electrons. The Balaban J connectivity index is 2.09. The van der Waals surface area contributed by atoms with Crippen LogP contribution in [0.3, 0.4) is 0 Å². The second-order valence-electron chi connectivity index (χ2n) is 6.12. The first-order valence-corrected chi connectivity index (χ1v) is 8.96. The number of ether oxygens (including phenoxy) is 1. The Kier molecular flexibility index (Phi) is 7.21. The predicted octanol–water partition coefficient (Wildman–Crippen LogP) is 3.93. The van der Waals surface area contributed by atoms with Crippen LogP contribution < -0.4 is 15.4 Å². The Morgan fingerprint density at radius 3 is 2.38 bits per heavy atom. The molecule has 2 N–H and O–H groups in total. The number of hydrogen-bond donors (Lipinski definition) is 2. The Morgan fingerprint density at radius 2 is 1.73 bits per heavy atom. The lowest BCUT2D eigenvalue weighted by molar-refractivity contribution is -0.122. The van der Waals surface area contributed by atoms with Gasteiger partial charge in [0, 0.05) is 6.54 Å². The van der Waals surface area contributed by atoms with Crippen LogP contribution in [-0.4, -0.2) is 24.5 Å². The van der Waals surface area contributed by atoms with Crippen molar-refractivity contribution < 1.29 is 14.3 Å². The molecule has 0 heterocycles. The van der Waals surface area contributed by atoms with Gasteiger partial charge in [-0.05, 0) is 44.0 Å². The molecule has 0 saturated carbocycles. The number of nitrogens with one attached hydrogen (secondary N) is 2. The first-order valence-electron chi connectivity index (χ1n) is 8.96. The number of aryl methyl sites for hydroxylation is 1. The molecule has 0 aromatic heterocycles. The average Bonchev–Trinajstić information content (AvgIpc) is 2.66. The summed E-state index contributed by atoms with van der Waals surface area (Å²) < 4.78 is 5.81. The Morgan fingerprint density at radius 1 is 1.04 bits per heavy atom. The number of benzene rings is 2. The van der Waals surface area contributed by atoms with E-state index < -0.39 is 6.10 Å². The SMILES string of the molecule is CCCNC(=O)c1ccccc1NC(=O)[C@@H](CC)Oc1ccc(C)cc1. The average molecular weight is 354 g/mol. The lowest BCUT2D eigenvalue weighted by Gasteiger charge is -2.18. The van der Waals surface area contributed by atoms with Crippen LogP contribution in [0.1, 0.15) is 42.6 Å². The molecule has 0 saturated heterocycles. The zero-order chi connectivity index (χ0) is 18.9. The third-order valence-corrected chi connectivity index (χ3v) is 3.93.